The molecule has 0 aliphatic rings. The fourth-order valence-electron chi connectivity index (χ4n) is 1.20. The topological polar surface area (TPSA) is 111 Å². The molecule has 0 amide bonds. The van der Waals surface area contributed by atoms with Crippen LogP contribution < -0.4 is 11.4 Å². The van der Waals surface area contributed by atoms with Gasteiger partial charge in [0.05, 0.1) is 5.75 Å². The summed E-state index contributed by atoms with van der Waals surface area (Å²) in [6.45, 7) is 0. The minimum Gasteiger partial charge on any atom is -0.423 e. The Hall–Kier alpha value is -1.35. The van der Waals surface area contributed by atoms with Gasteiger partial charge in [0.2, 0.25) is 0 Å². The monoisotopic (exact) mass is 333 g/mol. The molecule has 1 aromatic carbocycles. The molecule has 0 aliphatic heterocycles. The molecule has 0 bridgehead atoms. The largest absolute Gasteiger partial charge is 0.423 e. The third-order valence-corrected chi connectivity index (χ3v) is 3.66. The standard InChI is InChI=1S/C9H6O2.C3H8O3S2.CH5N/c10-9-6-5-7-3-1-2-4-8(7)11-9;1-7-2-3-8(4,5)6;1-2/h1-6H;2-3H2,1H3,(H,4,5,6);2H2,1H3. The second-order valence-corrected chi connectivity index (χ2v) is 6.13. The number of hydrogen-bond donors (Lipinski definition) is 2. The first-order valence-corrected chi connectivity index (χ1v) is 8.93. The van der Waals surface area contributed by atoms with Crippen LogP contribution in [0.4, 0.5) is 0 Å². The SMILES string of the molecule is CN.CSCCS(=O)(=O)O.O=c1ccc2ccccc2o1. The highest BCUT2D eigenvalue weighted by Crippen LogP contribution is 2.08. The van der Waals surface area contributed by atoms with Crippen LogP contribution in [0.1, 0.15) is 0 Å². The molecular formula is C13H19NO5S2. The zero-order valence-electron chi connectivity index (χ0n) is 11.9. The van der Waals surface area contributed by atoms with Crippen LogP contribution in [0.2, 0.25) is 0 Å². The van der Waals surface area contributed by atoms with E-state index in [1.807, 2.05) is 18.2 Å². The van der Waals surface area contributed by atoms with Crippen molar-refractivity contribution in [3.63, 3.8) is 0 Å². The quantitative estimate of drug-likeness (QED) is 0.648. The summed E-state index contributed by atoms with van der Waals surface area (Å²) in [4.78, 5) is 10.7. The third kappa shape index (κ3) is 9.24. The van der Waals surface area contributed by atoms with E-state index in [1.165, 1.54) is 24.9 Å². The fourth-order valence-corrected chi connectivity index (χ4v) is 2.71. The lowest BCUT2D eigenvalue weighted by atomic mass is 10.2. The maximum absolute atomic E-state index is 10.7. The lowest BCUT2D eigenvalue weighted by Crippen LogP contribution is -2.05. The number of benzene rings is 1. The summed E-state index contributed by atoms with van der Waals surface area (Å²) in [7, 11) is -2.21. The van der Waals surface area contributed by atoms with Crippen LogP contribution >= 0.6 is 11.8 Å². The molecule has 3 N–H and O–H groups in total. The molecule has 0 spiro atoms. The van der Waals surface area contributed by atoms with Gasteiger partial charge < -0.3 is 10.2 Å². The molecular weight excluding hydrogens is 314 g/mol. The normalized spacial score (nSPS) is 10.1. The Morgan fingerprint density at radius 3 is 2.33 bits per heavy atom. The van der Waals surface area contributed by atoms with E-state index in [9.17, 15) is 13.2 Å². The number of thioether (sulfide) groups is 1. The van der Waals surface area contributed by atoms with Crippen molar-refractivity contribution >= 4 is 32.8 Å². The summed E-state index contributed by atoms with van der Waals surface area (Å²) in [6, 6.07) is 10.6. The van der Waals surface area contributed by atoms with Crippen molar-refractivity contribution in [2.75, 3.05) is 24.8 Å². The van der Waals surface area contributed by atoms with E-state index >= 15 is 0 Å². The van der Waals surface area contributed by atoms with Crippen molar-refractivity contribution in [2.24, 2.45) is 5.73 Å². The van der Waals surface area contributed by atoms with Crippen LogP contribution in [0, 0.1) is 0 Å². The van der Waals surface area contributed by atoms with Gasteiger partial charge in [0.1, 0.15) is 5.58 Å². The van der Waals surface area contributed by atoms with Crippen LogP contribution in [0.5, 0.6) is 0 Å². The lowest BCUT2D eigenvalue weighted by molar-refractivity contribution is 0.485. The Labute approximate surface area is 128 Å². The Bertz CT molecular complexity index is 682. The van der Waals surface area contributed by atoms with E-state index in [2.05, 4.69) is 5.73 Å². The molecule has 1 aromatic heterocycles. The first kappa shape index (κ1) is 19.7. The first-order chi connectivity index (χ1) is 9.92. The summed E-state index contributed by atoms with van der Waals surface area (Å²) >= 11 is 1.39. The summed E-state index contributed by atoms with van der Waals surface area (Å²) in [5.41, 5.74) is 4.84. The fraction of sp³-hybridized carbons (Fsp3) is 0.308. The molecule has 1 heterocycles. The molecule has 21 heavy (non-hydrogen) atoms. The van der Waals surface area contributed by atoms with Gasteiger partial charge in [-0.3, -0.25) is 4.55 Å². The number of fused-ring (bicyclic) bond motifs is 1. The zero-order chi connectivity index (χ0) is 16.3. The molecule has 2 rings (SSSR count). The van der Waals surface area contributed by atoms with E-state index in [0.29, 0.717) is 11.3 Å². The molecule has 118 valence electrons. The molecule has 0 radical (unpaired) electrons. The van der Waals surface area contributed by atoms with Gasteiger partial charge in [-0.05, 0) is 25.4 Å². The predicted octanol–water partition coefficient (Wildman–Crippen LogP) is 1.61. The Morgan fingerprint density at radius 1 is 1.19 bits per heavy atom. The van der Waals surface area contributed by atoms with E-state index in [4.69, 9.17) is 8.97 Å². The molecule has 0 saturated carbocycles. The maximum Gasteiger partial charge on any atom is 0.336 e. The first-order valence-electron chi connectivity index (χ1n) is 5.93. The average molecular weight is 333 g/mol. The Balaban J connectivity index is 0.000000358. The van der Waals surface area contributed by atoms with Crippen LogP contribution in [-0.4, -0.2) is 37.8 Å². The van der Waals surface area contributed by atoms with E-state index in [1.54, 1.807) is 18.4 Å². The maximum atomic E-state index is 10.7. The molecule has 0 aliphatic carbocycles. The minimum atomic E-state index is -3.71. The van der Waals surface area contributed by atoms with Gasteiger partial charge in [0, 0.05) is 17.2 Å². The third-order valence-electron chi connectivity index (χ3n) is 2.07. The number of hydrogen-bond acceptors (Lipinski definition) is 6. The molecule has 8 heteroatoms. The van der Waals surface area contributed by atoms with Gasteiger partial charge in [-0.1, -0.05) is 18.2 Å². The van der Waals surface area contributed by atoms with Crippen molar-refractivity contribution in [3.05, 3.63) is 46.8 Å². The Kier molecular flexibility index (Phi) is 9.72. The van der Waals surface area contributed by atoms with Gasteiger partial charge in [-0.2, -0.15) is 20.2 Å². The molecule has 0 fully saturated rings. The van der Waals surface area contributed by atoms with Crippen LogP contribution in [0.3, 0.4) is 0 Å². The van der Waals surface area contributed by atoms with Crippen molar-refractivity contribution in [3.8, 4) is 0 Å². The van der Waals surface area contributed by atoms with E-state index in [0.717, 1.165) is 5.39 Å². The molecule has 0 atom stereocenters. The summed E-state index contributed by atoms with van der Waals surface area (Å²) in [6.07, 6.45) is 1.78. The number of rotatable bonds is 3. The second-order valence-electron chi connectivity index (χ2n) is 3.57. The van der Waals surface area contributed by atoms with Crippen molar-refractivity contribution in [2.45, 2.75) is 0 Å². The highest BCUT2D eigenvalue weighted by Gasteiger charge is 2.00. The van der Waals surface area contributed by atoms with Gasteiger partial charge in [0.15, 0.2) is 0 Å². The highest BCUT2D eigenvalue weighted by molar-refractivity contribution is 7.99. The second kappa shape index (κ2) is 10.4. The Morgan fingerprint density at radius 2 is 1.81 bits per heavy atom. The van der Waals surface area contributed by atoms with Crippen LogP contribution in [0.15, 0.2) is 45.6 Å². The minimum absolute atomic E-state index is 0.145. The number of nitrogens with two attached hydrogens (primary N) is 1. The van der Waals surface area contributed by atoms with Crippen LogP contribution in [0.25, 0.3) is 11.0 Å². The van der Waals surface area contributed by atoms with Gasteiger partial charge >= 0.3 is 5.63 Å². The number of para-hydroxylation sites is 1. The van der Waals surface area contributed by atoms with E-state index in [-0.39, 0.29) is 11.4 Å². The molecule has 6 nitrogen and oxygen atoms in total. The van der Waals surface area contributed by atoms with Crippen molar-refractivity contribution < 1.29 is 17.4 Å². The lowest BCUT2D eigenvalue weighted by Gasteiger charge is -1.91. The molecule has 2 aromatic rings. The van der Waals surface area contributed by atoms with Gasteiger partial charge in [0.25, 0.3) is 10.1 Å². The van der Waals surface area contributed by atoms with Gasteiger partial charge in [-0.15, -0.1) is 0 Å². The van der Waals surface area contributed by atoms with Gasteiger partial charge in [-0.25, -0.2) is 4.79 Å². The zero-order valence-corrected chi connectivity index (χ0v) is 13.5. The van der Waals surface area contributed by atoms with Crippen molar-refractivity contribution in [1.29, 1.82) is 0 Å². The van der Waals surface area contributed by atoms with Crippen molar-refractivity contribution in [1.82, 2.24) is 0 Å². The smallest absolute Gasteiger partial charge is 0.336 e. The predicted molar refractivity (Wildman–Crippen MR) is 87.4 cm³/mol. The summed E-state index contributed by atoms with van der Waals surface area (Å²) < 4.78 is 32.9. The highest BCUT2D eigenvalue weighted by atomic mass is 32.2. The van der Waals surface area contributed by atoms with E-state index < -0.39 is 10.1 Å². The summed E-state index contributed by atoms with van der Waals surface area (Å²) in [5, 5.41) is 0.951. The van der Waals surface area contributed by atoms with Crippen LogP contribution in [-0.2, 0) is 10.1 Å². The summed E-state index contributed by atoms with van der Waals surface area (Å²) in [5.74, 6) is 0.312. The average Bonchev–Trinajstić information content (AvgIpc) is 2.47. The molecule has 0 saturated heterocycles. The molecule has 0 unspecified atom stereocenters.